The van der Waals surface area contributed by atoms with E-state index in [9.17, 15) is 13.0 Å². The average Bonchev–Trinajstić information content (AvgIpc) is 1.92. The van der Waals surface area contributed by atoms with Gasteiger partial charge in [-0.25, -0.2) is 8.42 Å². The van der Waals surface area contributed by atoms with Crippen molar-refractivity contribution in [2.75, 3.05) is 5.73 Å². The lowest BCUT2D eigenvalue weighted by molar-refractivity contribution is 0.463. The first-order valence-corrected chi connectivity index (χ1v) is 4.64. The van der Waals surface area contributed by atoms with Gasteiger partial charge in [0.2, 0.25) is 0 Å². The molecule has 0 saturated carbocycles. The van der Waals surface area contributed by atoms with Crippen molar-refractivity contribution in [1.29, 1.82) is 0 Å². The number of benzene rings is 1. The highest BCUT2D eigenvalue weighted by molar-refractivity contribution is 7.85. The summed E-state index contributed by atoms with van der Waals surface area (Å²) in [6, 6.07) is 3.91. The summed E-state index contributed by atoms with van der Waals surface area (Å²) in [5, 5.41) is 0. The number of anilines is 1. The van der Waals surface area contributed by atoms with Gasteiger partial charge in [0.1, 0.15) is 10.1 Å². The molecule has 0 heterocycles. The minimum atomic E-state index is -4.37. The summed E-state index contributed by atoms with van der Waals surface area (Å²) >= 11 is 0. The molecule has 0 aromatic heterocycles. The van der Waals surface area contributed by atoms with Gasteiger partial charge in [0.05, 0.1) is 4.90 Å². The Labute approximate surface area is 70.8 Å². The predicted molar refractivity (Wildman–Crippen MR) is 43.6 cm³/mol. The van der Waals surface area contributed by atoms with Crippen LogP contribution in [-0.2, 0) is 10.1 Å². The Morgan fingerprint density at radius 2 is 2.00 bits per heavy atom. The average molecular weight is 186 g/mol. The molecule has 1 rings (SSSR count). The molecule has 4 nitrogen and oxygen atoms in total. The fourth-order valence-electron chi connectivity index (χ4n) is 0.774. The smallest absolute Gasteiger partial charge is 0.124 e. The van der Waals surface area contributed by atoms with Gasteiger partial charge < -0.3 is 10.3 Å². The number of hydrogen-bond acceptors (Lipinski definition) is 4. The highest BCUT2D eigenvalue weighted by atomic mass is 32.2. The number of hydrogen-bond donors (Lipinski definition) is 1. The van der Waals surface area contributed by atoms with Crippen molar-refractivity contribution >= 4 is 15.8 Å². The zero-order valence-electron chi connectivity index (χ0n) is 6.44. The zero-order chi connectivity index (χ0) is 9.35. The van der Waals surface area contributed by atoms with Gasteiger partial charge in [-0.1, -0.05) is 6.07 Å². The SMILES string of the molecule is Cc1ccc(S(=O)(=O)[O-])cc1N. The Bertz CT molecular complexity index is 397. The summed E-state index contributed by atoms with van der Waals surface area (Å²) in [5.74, 6) is 0. The van der Waals surface area contributed by atoms with E-state index in [1.807, 2.05) is 0 Å². The maximum absolute atomic E-state index is 10.5. The minimum absolute atomic E-state index is 0.286. The number of nitrogens with two attached hydrogens (primary N) is 1. The second-order valence-electron chi connectivity index (χ2n) is 2.47. The molecule has 0 fully saturated rings. The van der Waals surface area contributed by atoms with Gasteiger partial charge >= 0.3 is 0 Å². The molecule has 0 spiro atoms. The summed E-state index contributed by atoms with van der Waals surface area (Å²) in [6.07, 6.45) is 0. The van der Waals surface area contributed by atoms with Gasteiger partial charge in [-0.15, -0.1) is 0 Å². The van der Waals surface area contributed by atoms with Crippen molar-refractivity contribution < 1.29 is 13.0 Å². The van der Waals surface area contributed by atoms with Gasteiger partial charge in [0.25, 0.3) is 0 Å². The molecule has 0 aliphatic heterocycles. The lowest BCUT2D eigenvalue weighted by atomic mass is 10.2. The lowest BCUT2D eigenvalue weighted by Gasteiger charge is -2.08. The lowest BCUT2D eigenvalue weighted by Crippen LogP contribution is -2.00. The molecule has 66 valence electrons. The molecule has 0 saturated heterocycles. The van der Waals surface area contributed by atoms with Crippen LogP contribution in [0.15, 0.2) is 23.1 Å². The van der Waals surface area contributed by atoms with Crippen molar-refractivity contribution in [2.45, 2.75) is 11.8 Å². The van der Waals surface area contributed by atoms with E-state index in [2.05, 4.69) is 0 Å². The normalized spacial score (nSPS) is 11.5. The Kier molecular flexibility index (Phi) is 2.08. The molecule has 12 heavy (non-hydrogen) atoms. The maximum Gasteiger partial charge on any atom is 0.124 e. The quantitative estimate of drug-likeness (QED) is 0.510. The molecule has 0 aliphatic carbocycles. The molecular formula is C7H8NO3S-. The number of rotatable bonds is 1. The standard InChI is InChI=1S/C7H9NO3S/c1-5-2-3-6(4-7(5)8)12(9,10)11/h2-4H,8H2,1H3,(H,9,10,11)/p-1. The van der Waals surface area contributed by atoms with Gasteiger partial charge in [-0.2, -0.15) is 0 Å². The van der Waals surface area contributed by atoms with Crippen LogP contribution in [0.3, 0.4) is 0 Å². The first-order chi connectivity index (χ1) is 5.41. The summed E-state index contributed by atoms with van der Waals surface area (Å²) in [5.41, 5.74) is 6.48. The van der Waals surface area contributed by atoms with Crippen LogP contribution in [0.4, 0.5) is 5.69 Å². The third kappa shape index (κ3) is 1.75. The van der Waals surface area contributed by atoms with E-state index >= 15 is 0 Å². The van der Waals surface area contributed by atoms with E-state index < -0.39 is 10.1 Å². The van der Waals surface area contributed by atoms with Crippen molar-refractivity contribution in [1.82, 2.24) is 0 Å². The van der Waals surface area contributed by atoms with Crippen molar-refractivity contribution in [3.8, 4) is 0 Å². The Balaban J connectivity index is 3.33. The van der Waals surface area contributed by atoms with Crippen LogP contribution in [0, 0.1) is 6.92 Å². The van der Waals surface area contributed by atoms with Crippen LogP contribution in [0.25, 0.3) is 0 Å². The topological polar surface area (TPSA) is 83.2 Å². The first kappa shape index (κ1) is 9.02. The molecular weight excluding hydrogens is 178 g/mol. The van der Waals surface area contributed by atoms with Crippen molar-refractivity contribution in [3.63, 3.8) is 0 Å². The predicted octanol–water partition coefficient (Wildman–Crippen LogP) is 0.481. The molecule has 1 aromatic carbocycles. The van der Waals surface area contributed by atoms with Gasteiger partial charge in [0, 0.05) is 5.69 Å². The minimum Gasteiger partial charge on any atom is -0.744 e. The maximum atomic E-state index is 10.5. The third-order valence-corrected chi connectivity index (χ3v) is 2.37. The van der Waals surface area contributed by atoms with Crippen LogP contribution < -0.4 is 5.73 Å². The molecule has 5 heteroatoms. The Morgan fingerprint density at radius 1 is 1.42 bits per heavy atom. The molecule has 0 unspecified atom stereocenters. The molecule has 0 bridgehead atoms. The Morgan fingerprint density at radius 3 is 2.42 bits per heavy atom. The number of nitrogen functional groups attached to an aromatic ring is 1. The van der Waals surface area contributed by atoms with E-state index in [4.69, 9.17) is 5.73 Å². The van der Waals surface area contributed by atoms with Gasteiger partial charge in [0.15, 0.2) is 0 Å². The molecule has 0 atom stereocenters. The monoisotopic (exact) mass is 186 g/mol. The third-order valence-electron chi connectivity index (χ3n) is 1.54. The van der Waals surface area contributed by atoms with E-state index in [0.717, 1.165) is 11.6 Å². The van der Waals surface area contributed by atoms with Gasteiger partial charge in [-0.3, -0.25) is 0 Å². The van der Waals surface area contributed by atoms with E-state index in [-0.39, 0.29) is 4.90 Å². The van der Waals surface area contributed by atoms with Crippen LogP contribution in [0.1, 0.15) is 5.56 Å². The number of aryl methyl sites for hydroxylation is 1. The van der Waals surface area contributed by atoms with E-state index in [1.54, 1.807) is 6.92 Å². The van der Waals surface area contributed by atoms with Crippen LogP contribution >= 0.6 is 0 Å². The van der Waals surface area contributed by atoms with E-state index in [0.29, 0.717) is 5.69 Å². The highest BCUT2D eigenvalue weighted by Crippen LogP contribution is 2.16. The van der Waals surface area contributed by atoms with Crippen molar-refractivity contribution in [2.24, 2.45) is 0 Å². The summed E-state index contributed by atoms with van der Waals surface area (Å²) in [6.45, 7) is 1.73. The molecule has 1 aromatic rings. The summed E-state index contributed by atoms with van der Waals surface area (Å²) in [4.78, 5) is -0.286. The largest absolute Gasteiger partial charge is 0.744 e. The van der Waals surface area contributed by atoms with Crippen LogP contribution in [-0.4, -0.2) is 13.0 Å². The Hall–Kier alpha value is -1.07. The summed E-state index contributed by atoms with van der Waals surface area (Å²) < 4.78 is 31.5. The van der Waals surface area contributed by atoms with Gasteiger partial charge in [-0.05, 0) is 24.6 Å². The molecule has 2 N–H and O–H groups in total. The fraction of sp³-hybridized carbons (Fsp3) is 0.143. The first-order valence-electron chi connectivity index (χ1n) is 3.23. The van der Waals surface area contributed by atoms with Crippen LogP contribution in [0.2, 0.25) is 0 Å². The van der Waals surface area contributed by atoms with Crippen LogP contribution in [0.5, 0.6) is 0 Å². The second-order valence-corrected chi connectivity index (χ2v) is 3.85. The second kappa shape index (κ2) is 2.76. The summed E-state index contributed by atoms with van der Waals surface area (Å²) in [7, 11) is -4.37. The van der Waals surface area contributed by atoms with E-state index in [1.165, 1.54) is 12.1 Å². The molecule has 0 amide bonds. The zero-order valence-corrected chi connectivity index (χ0v) is 7.26. The van der Waals surface area contributed by atoms with Crippen molar-refractivity contribution in [3.05, 3.63) is 23.8 Å². The highest BCUT2D eigenvalue weighted by Gasteiger charge is 2.02. The fourth-order valence-corrected chi connectivity index (χ4v) is 1.28. The molecule has 0 radical (unpaired) electrons. The molecule has 0 aliphatic rings.